The van der Waals surface area contributed by atoms with Crippen molar-refractivity contribution in [3.05, 3.63) is 76.3 Å². The van der Waals surface area contributed by atoms with Crippen molar-refractivity contribution in [1.29, 1.82) is 5.41 Å². The van der Waals surface area contributed by atoms with E-state index < -0.39 is 11.9 Å². The van der Waals surface area contributed by atoms with Crippen LogP contribution in [0, 0.1) is 25.1 Å². The van der Waals surface area contributed by atoms with E-state index in [2.05, 4.69) is 16.9 Å². The summed E-state index contributed by atoms with van der Waals surface area (Å²) in [5, 5.41) is 23.9. The molecule has 2 aromatic carbocycles. The Balaban J connectivity index is 1.81. The van der Waals surface area contributed by atoms with Crippen LogP contribution in [0.2, 0.25) is 5.02 Å². The van der Waals surface area contributed by atoms with Gasteiger partial charge in [0.05, 0.1) is 58.2 Å². The average Bonchev–Trinajstić information content (AvgIpc) is 3.09. The van der Waals surface area contributed by atoms with Crippen molar-refractivity contribution >= 4 is 40.4 Å². The molecule has 3 atom stereocenters. The van der Waals surface area contributed by atoms with Crippen LogP contribution >= 0.6 is 11.6 Å². The van der Waals surface area contributed by atoms with Gasteiger partial charge in [0.2, 0.25) is 5.91 Å². The Morgan fingerprint density at radius 1 is 1.23 bits per heavy atom. The molecule has 9 nitrogen and oxygen atoms in total. The Kier molecular flexibility index (Phi) is 8.59. The van der Waals surface area contributed by atoms with Crippen molar-refractivity contribution in [1.82, 2.24) is 14.8 Å². The van der Waals surface area contributed by atoms with E-state index in [9.17, 15) is 15.3 Å². The first-order valence-electron chi connectivity index (χ1n) is 14.5. The van der Waals surface area contributed by atoms with Gasteiger partial charge in [-0.3, -0.25) is 15.2 Å². The van der Waals surface area contributed by atoms with Gasteiger partial charge in [-0.05, 0) is 63.1 Å². The number of hydrogen-bond donors (Lipinski definition) is 3. The van der Waals surface area contributed by atoms with Crippen molar-refractivity contribution in [2.75, 3.05) is 44.0 Å². The van der Waals surface area contributed by atoms with Crippen molar-refractivity contribution in [2.45, 2.75) is 45.9 Å². The minimum atomic E-state index is -0.894. The molecule has 3 heterocycles. The van der Waals surface area contributed by atoms with Gasteiger partial charge in [-0.25, -0.2) is 4.39 Å². The lowest BCUT2D eigenvalue weighted by Crippen LogP contribution is -2.61. The van der Waals surface area contributed by atoms with Gasteiger partial charge in [0.1, 0.15) is 17.4 Å². The highest BCUT2D eigenvalue weighted by atomic mass is 35.5. The number of aryl methyl sites for hydroxylation is 1. The summed E-state index contributed by atoms with van der Waals surface area (Å²) in [6, 6.07) is 6.08. The molecule has 1 fully saturated rings. The van der Waals surface area contributed by atoms with E-state index in [1.807, 2.05) is 43.7 Å². The molecule has 44 heavy (non-hydrogen) atoms. The van der Waals surface area contributed by atoms with E-state index in [1.165, 1.54) is 19.3 Å². The number of hydrogen-bond acceptors (Lipinski definition) is 7. The lowest BCUT2D eigenvalue weighted by molar-refractivity contribution is -0.130. The highest BCUT2D eigenvalue weighted by Crippen LogP contribution is 2.50. The van der Waals surface area contributed by atoms with Gasteiger partial charge in [-0.2, -0.15) is 0 Å². The number of piperazine rings is 1. The van der Waals surface area contributed by atoms with Crippen LogP contribution in [0.25, 0.3) is 11.1 Å². The molecule has 0 spiro atoms. The van der Waals surface area contributed by atoms with E-state index in [-0.39, 0.29) is 34.4 Å². The number of aliphatic hydroxyl groups excluding tert-OH is 1. The number of pyridine rings is 1. The number of aliphatic hydroxyl groups is 1. The van der Waals surface area contributed by atoms with E-state index in [0.717, 1.165) is 5.56 Å². The summed E-state index contributed by atoms with van der Waals surface area (Å²) in [6.45, 7) is 12.3. The summed E-state index contributed by atoms with van der Waals surface area (Å²) < 4.78 is 21.3. The number of aromatic nitrogens is 1. The lowest BCUT2D eigenvalue weighted by atomic mass is 9.92. The van der Waals surface area contributed by atoms with Gasteiger partial charge < -0.3 is 29.9 Å². The van der Waals surface area contributed by atoms with Crippen LogP contribution in [0.15, 0.2) is 43.1 Å². The highest BCUT2D eigenvalue weighted by Gasteiger charge is 2.41. The molecule has 0 bridgehead atoms. The lowest BCUT2D eigenvalue weighted by Gasteiger charge is -2.45. The van der Waals surface area contributed by atoms with E-state index in [4.69, 9.17) is 16.3 Å². The van der Waals surface area contributed by atoms with Crippen LogP contribution in [0.4, 0.5) is 21.5 Å². The monoisotopic (exact) mass is 620 g/mol. The number of nitrogens with one attached hydrogen (secondary N) is 2. The largest absolute Gasteiger partial charge is 0.496 e. The number of carbonyl (C=O) groups excluding carboxylic acids is 1. The molecule has 0 aliphatic carbocycles. The first-order chi connectivity index (χ1) is 20.9. The third kappa shape index (κ3) is 5.16. The fourth-order valence-corrected chi connectivity index (χ4v) is 6.87. The van der Waals surface area contributed by atoms with Gasteiger partial charge in [-0.1, -0.05) is 24.2 Å². The number of benzene rings is 2. The Morgan fingerprint density at radius 3 is 2.61 bits per heavy atom. The van der Waals surface area contributed by atoms with Gasteiger partial charge in [0.25, 0.3) is 0 Å². The number of anilines is 3. The maximum atomic E-state index is 15.7. The van der Waals surface area contributed by atoms with Crippen LogP contribution in [0.1, 0.15) is 42.3 Å². The smallest absolute Gasteiger partial charge is 0.246 e. The molecule has 2 aliphatic heterocycles. The van der Waals surface area contributed by atoms with Gasteiger partial charge in [-0.15, -0.1) is 0 Å². The zero-order valence-corrected chi connectivity index (χ0v) is 26.6. The topological polar surface area (TPSA) is 105 Å². The number of ether oxygens (including phenoxy) is 1. The summed E-state index contributed by atoms with van der Waals surface area (Å²) in [4.78, 5) is 23.0. The molecule has 3 aromatic rings. The minimum Gasteiger partial charge on any atom is -0.496 e. The van der Waals surface area contributed by atoms with Crippen molar-refractivity contribution < 1.29 is 19.0 Å². The molecule has 0 saturated carbocycles. The second-order valence-corrected chi connectivity index (χ2v) is 11.9. The quantitative estimate of drug-likeness (QED) is 0.298. The number of amidine groups is 1. The number of nitrogens with zero attached hydrogens (tertiary/aromatic N) is 4. The van der Waals surface area contributed by atoms with Gasteiger partial charge >= 0.3 is 0 Å². The van der Waals surface area contributed by atoms with Crippen LogP contribution in [0.5, 0.6) is 5.75 Å². The zero-order valence-electron chi connectivity index (χ0n) is 25.8. The van der Waals surface area contributed by atoms with Crippen LogP contribution in [-0.4, -0.2) is 77.5 Å². The molecule has 3 N–H and O–H groups in total. The summed E-state index contributed by atoms with van der Waals surface area (Å²) >= 11 is 7.31. The predicted octanol–water partition coefficient (Wildman–Crippen LogP) is 5.83. The number of carbonyl (C=O) groups is 1. The van der Waals surface area contributed by atoms with Crippen molar-refractivity contribution in [3.63, 3.8) is 0 Å². The molecule has 5 rings (SSSR count). The highest BCUT2D eigenvalue weighted by molar-refractivity contribution is 6.38. The summed E-state index contributed by atoms with van der Waals surface area (Å²) in [5.74, 6) is -0.106. The Labute approximate surface area is 262 Å². The number of methoxy groups -OCH3 is 1. The van der Waals surface area contributed by atoms with Crippen LogP contribution in [-0.2, 0) is 4.79 Å². The molecule has 232 valence electrons. The normalized spacial score (nSPS) is 18.8. The summed E-state index contributed by atoms with van der Waals surface area (Å²) in [6.07, 6.45) is 2.05. The first-order valence-corrected chi connectivity index (χ1v) is 14.9. The Morgan fingerprint density at radius 2 is 1.95 bits per heavy atom. The molecule has 2 aliphatic rings. The molecule has 11 heteroatoms. The van der Waals surface area contributed by atoms with Crippen molar-refractivity contribution in [3.8, 4) is 16.9 Å². The number of amides is 1. The summed E-state index contributed by atoms with van der Waals surface area (Å²) in [5.41, 5.74) is 4.71. The average molecular weight is 621 g/mol. The number of fused-ring (bicyclic) bond motifs is 2. The Bertz CT molecular complexity index is 1660. The summed E-state index contributed by atoms with van der Waals surface area (Å²) in [7, 11) is 3.41. The Hall–Kier alpha value is -4.15. The molecular formula is C33H38ClFN6O3. The van der Waals surface area contributed by atoms with Crippen molar-refractivity contribution in [2.24, 2.45) is 0 Å². The molecule has 1 aromatic heterocycles. The number of halogens is 2. The molecule has 1 saturated heterocycles. The van der Waals surface area contributed by atoms with E-state index in [0.29, 0.717) is 64.8 Å². The third-order valence-electron chi connectivity index (χ3n) is 8.62. The second-order valence-electron chi connectivity index (χ2n) is 11.5. The molecule has 3 unspecified atom stereocenters. The van der Waals surface area contributed by atoms with E-state index >= 15 is 4.39 Å². The van der Waals surface area contributed by atoms with Gasteiger partial charge in [0.15, 0.2) is 0 Å². The number of rotatable bonds is 6. The molecular weight excluding hydrogens is 583 g/mol. The fourth-order valence-electron chi connectivity index (χ4n) is 6.49. The fraction of sp³-hybridized carbons (Fsp3) is 0.364. The molecule has 0 radical (unpaired) electrons. The van der Waals surface area contributed by atoms with Crippen LogP contribution < -0.4 is 15.0 Å². The number of likely N-dealkylation sites (N-methyl/N-ethyl adjacent to an activating group) is 1. The maximum absolute atomic E-state index is 15.7. The predicted molar refractivity (Wildman–Crippen MR) is 173 cm³/mol. The minimum absolute atomic E-state index is 0.152. The third-order valence-corrected chi connectivity index (χ3v) is 9.00. The standard InChI is InChI=1S/C33H38ClFN6O3/c1-8-24(43)40-16-21-15-39(6)32-19(4)25(26-22(35)10-9-11-23(26)44-7)28(34)31(27(32)33(36)41(21)14-18(40)3)38-29-17(2)12-13-37-30(29)20(5)42/h8-13,18,20-21,36,38,42H,1,14-16H2,2-7H3. The van der Waals surface area contributed by atoms with Gasteiger partial charge in [0, 0.05) is 44.5 Å². The van der Waals surface area contributed by atoms with E-state index in [1.54, 1.807) is 30.2 Å². The zero-order chi connectivity index (χ0) is 32.0. The SMILES string of the molecule is C=CC(=O)N1CC2CN(C)c3c(C)c(-c4c(F)cccc4OC)c(Cl)c(Nc4c(C)ccnc4C(C)O)c3C(=N)N2CC1C. The maximum Gasteiger partial charge on any atom is 0.246 e. The first kappa shape index (κ1) is 31.3. The molecule has 1 amide bonds. The van der Waals surface area contributed by atoms with Crippen LogP contribution in [0.3, 0.4) is 0 Å². The second kappa shape index (κ2) is 12.1.